The van der Waals surface area contributed by atoms with Gasteiger partial charge in [0.2, 0.25) is 0 Å². The molecule has 3 fully saturated rings. The second-order valence-electron chi connectivity index (χ2n) is 9.05. The molecule has 2 saturated carbocycles. The van der Waals surface area contributed by atoms with E-state index in [2.05, 4.69) is 0 Å². The molecule has 3 aliphatic carbocycles. The molecular formula is C19H26O7. The van der Waals surface area contributed by atoms with Crippen LogP contribution in [0.25, 0.3) is 0 Å². The molecule has 0 radical (unpaired) electrons. The first-order valence-corrected chi connectivity index (χ1v) is 9.13. The number of aliphatic hydroxyl groups excluding tert-OH is 4. The summed E-state index contributed by atoms with van der Waals surface area (Å²) in [6, 6.07) is 0. The second-order valence-corrected chi connectivity index (χ2v) is 9.05. The van der Waals surface area contributed by atoms with E-state index in [1.165, 1.54) is 6.08 Å². The van der Waals surface area contributed by atoms with Gasteiger partial charge < -0.3 is 25.2 Å². The number of carbonyl (C=O) groups excluding carboxylic acids is 2. The highest BCUT2D eigenvalue weighted by Crippen LogP contribution is 2.68. The van der Waals surface area contributed by atoms with Crippen LogP contribution in [0.2, 0.25) is 0 Å². The van der Waals surface area contributed by atoms with E-state index in [9.17, 15) is 30.0 Å². The zero-order valence-electron chi connectivity index (χ0n) is 15.3. The van der Waals surface area contributed by atoms with Crippen molar-refractivity contribution in [1.82, 2.24) is 0 Å². The Bertz CT molecular complexity index is 717. The average molecular weight is 366 g/mol. The summed E-state index contributed by atoms with van der Waals surface area (Å²) in [7, 11) is 0. The fourth-order valence-corrected chi connectivity index (χ4v) is 6.99. The van der Waals surface area contributed by atoms with Gasteiger partial charge in [-0.15, -0.1) is 0 Å². The third-order valence-corrected chi connectivity index (χ3v) is 7.92. The average Bonchev–Trinajstić information content (AvgIpc) is 2.81. The highest BCUT2D eigenvalue weighted by atomic mass is 16.6. The van der Waals surface area contributed by atoms with E-state index in [4.69, 9.17) is 4.74 Å². The highest BCUT2D eigenvalue weighted by Gasteiger charge is 2.77. The normalized spacial score (nSPS) is 58.6. The Hall–Kier alpha value is -1.28. The Morgan fingerprint density at radius 3 is 2.19 bits per heavy atom. The Kier molecular flexibility index (Phi) is 3.59. The SMILES string of the molecule is CC1=CC(=O)[C@@H](O)[C@]2(C)[C@H]3[C@@H](O)[C@@H](O)[C@H](C)[C@@H]4C(=O)O[C@H]([C@H](O)[C@@H]12)[C@]34C. The minimum atomic E-state index is -1.44. The standard InChI is InChI=1S/C19H26O7/c1-6-5-8(20)15(24)18(3)9(6)12(22)16-19(4)10(17(25)26-16)7(2)11(21)13(23)14(18)19/h5,7,9-16,21-24H,1-4H3/t7-,9-,10-,11+,12-,13+,14-,15-,16-,18+,19+/m1/s1. The minimum Gasteiger partial charge on any atom is -0.459 e. The van der Waals surface area contributed by atoms with Gasteiger partial charge in [0.25, 0.3) is 0 Å². The molecule has 0 aromatic rings. The van der Waals surface area contributed by atoms with E-state index in [0.717, 1.165) is 0 Å². The largest absolute Gasteiger partial charge is 0.459 e. The third-order valence-electron chi connectivity index (χ3n) is 7.92. The van der Waals surface area contributed by atoms with Crippen LogP contribution in [-0.2, 0) is 14.3 Å². The van der Waals surface area contributed by atoms with Crippen molar-refractivity contribution in [2.75, 3.05) is 0 Å². The number of ether oxygens (including phenoxy) is 1. The Morgan fingerprint density at radius 1 is 0.962 bits per heavy atom. The van der Waals surface area contributed by atoms with Crippen LogP contribution >= 0.6 is 0 Å². The molecule has 1 aliphatic heterocycles. The molecule has 0 amide bonds. The predicted molar refractivity (Wildman–Crippen MR) is 88.5 cm³/mol. The van der Waals surface area contributed by atoms with Crippen LogP contribution in [-0.4, -0.2) is 62.7 Å². The van der Waals surface area contributed by atoms with E-state index < -0.39 is 76.8 Å². The molecule has 1 saturated heterocycles. The van der Waals surface area contributed by atoms with Crippen LogP contribution in [0, 0.1) is 34.5 Å². The first-order chi connectivity index (χ1) is 12.0. The van der Waals surface area contributed by atoms with Gasteiger partial charge in [-0.1, -0.05) is 26.3 Å². The highest BCUT2D eigenvalue weighted by molar-refractivity contribution is 5.96. The van der Waals surface area contributed by atoms with E-state index in [1.54, 1.807) is 27.7 Å². The van der Waals surface area contributed by atoms with Crippen LogP contribution in [0.4, 0.5) is 0 Å². The molecular weight excluding hydrogens is 340 g/mol. The molecule has 11 atom stereocenters. The van der Waals surface area contributed by atoms with Gasteiger partial charge in [-0.05, 0) is 18.9 Å². The number of rotatable bonds is 0. The lowest BCUT2D eigenvalue weighted by Gasteiger charge is -2.65. The van der Waals surface area contributed by atoms with E-state index in [0.29, 0.717) is 5.57 Å². The molecule has 7 nitrogen and oxygen atoms in total. The number of aliphatic hydroxyl groups is 4. The Balaban J connectivity index is 2.00. The summed E-state index contributed by atoms with van der Waals surface area (Å²) in [6.07, 6.45) is -4.55. The molecule has 0 unspecified atom stereocenters. The van der Waals surface area contributed by atoms with Crippen molar-refractivity contribution in [3.05, 3.63) is 11.6 Å². The van der Waals surface area contributed by atoms with Crippen LogP contribution in [0.15, 0.2) is 11.6 Å². The zero-order chi connectivity index (χ0) is 19.3. The van der Waals surface area contributed by atoms with Crippen molar-refractivity contribution >= 4 is 11.8 Å². The Labute approximate surface area is 151 Å². The number of fused-ring (bicyclic) bond motifs is 2. The summed E-state index contributed by atoms with van der Waals surface area (Å²) in [5.74, 6) is -3.75. The lowest BCUT2D eigenvalue weighted by atomic mass is 9.39. The molecule has 4 N–H and O–H groups in total. The van der Waals surface area contributed by atoms with Gasteiger partial charge in [0.1, 0.15) is 12.2 Å². The molecule has 0 aromatic heterocycles. The summed E-state index contributed by atoms with van der Waals surface area (Å²) in [5.41, 5.74) is -1.65. The fraction of sp³-hybridized carbons (Fsp3) is 0.789. The smallest absolute Gasteiger partial charge is 0.310 e. The van der Waals surface area contributed by atoms with Gasteiger partial charge in [-0.2, -0.15) is 0 Å². The summed E-state index contributed by atoms with van der Waals surface area (Å²) in [6.45, 7) is 6.80. The Morgan fingerprint density at radius 2 is 1.58 bits per heavy atom. The third kappa shape index (κ3) is 1.73. The van der Waals surface area contributed by atoms with Crippen LogP contribution in [0.1, 0.15) is 27.7 Å². The van der Waals surface area contributed by atoms with Crippen molar-refractivity contribution in [3.63, 3.8) is 0 Å². The van der Waals surface area contributed by atoms with Crippen molar-refractivity contribution in [2.24, 2.45) is 34.5 Å². The summed E-state index contributed by atoms with van der Waals surface area (Å²) < 4.78 is 5.56. The van der Waals surface area contributed by atoms with E-state index >= 15 is 0 Å². The molecule has 1 heterocycles. The molecule has 144 valence electrons. The molecule has 0 bridgehead atoms. The quantitative estimate of drug-likeness (QED) is 0.422. The molecule has 26 heavy (non-hydrogen) atoms. The van der Waals surface area contributed by atoms with Crippen LogP contribution in [0.5, 0.6) is 0 Å². The first kappa shape index (κ1) is 18.1. The van der Waals surface area contributed by atoms with Crippen molar-refractivity contribution in [3.8, 4) is 0 Å². The molecule has 4 rings (SSSR count). The van der Waals surface area contributed by atoms with Crippen molar-refractivity contribution in [2.45, 2.75) is 58.2 Å². The molecule has 0 aromatic carbocycles. The van der Waals surface area contributed by atoms with Crippen molar-refractivity contribution < 1.29 is 34.8 Å². The number of esters is 1. The van der Waals surface area contributed by atoms with Crippen LogP contribution in [0.3, 0.4) is 0 Å². The summed E-state index contributed by atoms with van der Waals surface area (Å²) in [4.78, 5) is 25.0. The predicted octanol–water partition coefficient (Wildman–Crippen LogP) is -0.591. The van der Waals surface area contributed by atoms with Gasteiger partial charge >= 0.3 is 5.97 Å². The van der Waals surface area contributed by atoms with E-state index in [-0.39, 0.29) is 0 Å². The van der Waals surface area contributed by atoms with Gasteiger partial charge in [-0.25, -0.2) is 0 Å². The number of hydrogen-bond acceptors (Lipinski definition) is 7. The topological polar surface area (TPSA) is 124 Å². The van der Waals surface area contributed by atoms with Gasteiger partial charge in [0.05, 0.1) is 24.2 Å². The lowest BCUT2D eigenvalue weighted by Crippen LogP contribution is -2.74. The minimum absolute atomic E-state index is 0.488. The molecule has 0 spiro atoms. The maximum Gasteiger partial charge on any atom is 0.310 e. The maximum absolute atomic E-state index is 12.6. The maximum atomic E-state index is 12.6. The van der Waals surface area contributed by atoms with E-state index in [1.807, 2.05) is 0 Å². The van der Waals surface area contributed by atoms with Gasteiger partial charge in [0, 0.05) is 22.7 Å². The molecule has 7 heteroatoms. The zero-order valence-corrected chi connectivity index (χ0v) is 15.3. The lowest BCUT2D eigenvalue weighted by molar-refractivity contribution is -0.266. The fourth-order valence-electron chi connectivity index (χ4n) is 6.99. The number of carbonyl (C=O) groups is 2. The van der Waals surface area contributed by atoms with Crippen LogP contribution < -0.4 is 0 Å². The first-order valence-electron chi connectivity index (χ1n) is 9.13. The van der Waals surface area contributed by atoms with Gasteiger partial charge in [0.15, 0.2) is 5.78 Å². The van der Waals surface area contributed by atoms with Crippen molar-refractivity contribution in [1.29, 1.82) is 0 Å². The monoisotopic (exact) mass is 366 g/mol. The summed E-state index contributed by atoms with van der Waals surface area (Å²) >= 11 is 0. The van der Waals surface area contributed by atoms with Gasteiger partial charge in [-0.3, -0.25) is 9.59 Å². The number of ketones is 1. The molecule has 4 aliphatic rings. The second kappa shape index (κ2) is 5.16. The summed E-state index contributed by atoms with van der Waals surface area (Å²) in [5, 5.41) is 43.6. The number of hydrogen-bond donors (Lipinski definition) is 4.